The topological polar surface area (TPSA) is 142 Å². The van der Waals surface area contributed by atoms with Gasteiger partial charge in [0.2, 0.25) is 17.8 Å². The monoisotopic (exact) mass is 901 g/mol. The van der Waals surface area contributed by atoms with Crippen LogP contribution in [0.3, 0.4) is 0 Å². The lowest BCUT2D eigenvalue weighted by Crippen LogP contribution is -2.52. The van der Waals surface area contributed by atoms with E-state index in [0.29, 0.717) is 73.1 Å². The van der Waals surface area contributed by atoms with Crippen molar-refractivity contribution in [2.45, 2.75) is 101 Å². The van der Waals surface area contributed by atoms with Gasteiger partial charge in [-0.05, 0) is 129 Å². The summed E-state index contributed by atoms with van der Waals surface area (Å²) in [6.45, 7) is 9.85. The first kappa shape index (κ1) is 44.6. The van der Waals surface area contributed by atoms with Crippen molar-refractivity contribution in [1.82, 2.24) is 34.2 Å². The second kappa shape index (κ2) is 18.3. The maximum atomic E-state index is 16.4. The number of aromatic nitrogens is 4. The third-order valence-corrected chi connectivity index (χ3v) is 14.8. The van der Waals surface area contributed by atoms with E-state index >= 15 is 4.39 Å². The molecule has 9 rings (SSSR count). The SMILES string of the molecule is Cn1c(=O)n(C2CCC(=O)NC2=O)c2ccc(C3CCN(C4CCN(CC5(F)CCN(c6nccc(COc7ccc(C(C)(C)c8cc(Cl)cc(C#N)c8)cc7)n6)CC5)CC4)CC3)cc21. The molecule has 4 aliphatic rings. The Morgan fingerprint density at radius 1 is 0.892 bits per heavy atom. The molecule has 3 aromatic carbocycles. The van der Waals surface area contributed by atoms with Crippen LogP contribution in [0.1, 0.15) is 105 Å². The van der Waals surface area contributed by atoms with Gasteiger partial charge in [-0.15, -0.1) is 0 Å². The maximum absolute atomic E-state index is 16.4. The number of amides is 2. The number of ether oxygens (including phenoxy) is 1. The Morgan fingerprint density at radius 3 is 2.34 bits per heavy atom. The standard InChI is InChI=1S/C50H57ClFN9O4/c1-49(2,37-26-33(30-53)27-38(51)29-37)36-5-7-41(8-6-36)65-31-39-12-19-54-47(55-39)60-24-17-50(52,18-25-60)32-58-20-15-40(16-21-58)59-22-13-34(14-23-59)35-4-9-42-44(28-35)57(3)48(64)61(42)43-10-11-45(62)56-46(43)63/h4-9,12,19,26-29,34,40,43H,10-11,13-18,20-25,31-32H2,1-3H3,(H,56,62,63). The number of benzene rings is 3. The molecule has 1 N–H and O–H groups in total. The minimum Gasteiger partial charge on any atom is -0.487 e. The number of fused-ring (bicyclic) bond motifs is 1. The van der Waals surface area contributed by atoms with Gasteiger partial charge in [-0.1, -0.05) is 43.6 Å². The van der Waals surface area contributed by atoms with E-state index in [4.69, 9.17) is 21.3 Å². The van der Waals surface area contributed by atoms with Crippen molar-refractivity contribution in [3.05, 3.63) is 116 Å². The molecule has 6 heterocycles. The summed E-state index contributed by atoms with van der Waals surface area (Å²) in [5.41, 5.74) is 4.18. The zero-order valence-electron chi connectivity index (χ0n) is 37.4. The summed E-state index contributed by atoms with van der Waals surface area (Å²) in [6, 6.07) is 23.4. The fourth-order valence-electron chi connectivity index (χ4n) is 10.5. The van der Waals surface area contributed by atoms with Crippen molar-refractivity contribution < 1.29 is 18.7 Å². The largest absolute Gasteiger partial charge is 0.487 e. The summed E-state index contributed by atoms with van der Waals surface area (Å²) in [5.74, 6) is 0.977. The first-order valence-corrected chi connectivity index (χ1v) is 23.4. The Kier molecular flexibility index (Phi) is 12.6. The number of rotatable bonds is 11. The van der Waals surface area contributed by atoms with Crippen LogP contribution in [0.25, 0.3) is 11.0 Å². The zero-order chi connectivity index (χ0) is 45.5. The highest BCUT2D eigenvalue weighted by Crippen LogP contribution is 2.37. The highest BCUT2D eigenvalue weighted by Gasteiger charge is 2.39. The van der Waals surface area contributed by atoms with Crippen molar-refractivity contribution >= 4 is 40.4 Å². The normalized spacial score (nSPS) is 20.5. The number of piperidine rings is 4. The van der Waals surface area contributed by atoms with E-state index in [1.165, 1.54) is 5.56 Å². The highest BCUT2D eigenvalue weighted by molar-refractivity contribution is 6.30. The fourth-order valence-corrected chi connectivity index (χ4v) is 10.7. The first-order chi connectivity index (χ1) is 31.3. The number of imide groups is 1. The van der Waals surface area contributed by atoms with Gasteiger partial charge in [0.05, 0.1) is 28.4 Å². The van der Waals surface area contributed by atoms with Crippen molar-refractivity contribution in [2.75, 3.05) is 50.7 Å². The molecule has 5 aromatic rings. The molecule has 340 valence electrons. The van der Waals surface area contributed by atoms with Gasteiger partial charge in [0.1, 0.15) is 24.1 Å². The van der Waals surface area contributed by atoms with Crippen LogP contribution in [0.2, 0.25) is 5.02 Å². The second-order valence-corrected chi connectivity index (χ2v) is 19.4. The van der Waals surface area contributed by atoms with E-state index in [1.807, 2.05) is 48.5 Å². The molecular weight excluding hydrogens is 845 g/mol. The lowest BCUT2D eigenvalue weighted by molar-refractivity contribution is -0.135. The molecule has 1 unspecified atom stereocenters. The molecule has 0 aliphatic carbocycles. The number of likely N-dealkylation sites (tertiary alicyclic amines) is 2. The van der Waals surface area contributed by atoms with Crippen molar-refractivity contribution in [2.24, 2.45) is 7.05 Å². The number of halogens is 2. The number of nitrogens with zero attached hydrogens (tertiary/aromatic N) is 8. The second-order valence-electron chi connectivity index (χ2n) is 19.0. The molecule has 2 aromatic heterocycles. The minimum atomic E-state index is -1.25. The molecule has 15 heteroatoms. The molecule has 4 fully saturated rings. The van der Waals surface area contributed by atoms with E-state index < -0.39 is 17.6 Å². The van der Waals surface area contributed by atoms with Crippen molar-refractivity contribution in [3.63, 3.8) is 0 Å². The molecule has 13 nitrogen and oxygen atoms in total. The fraction of sp³-hybridized carbons (Fsp3) is 0.480. The van der Waals surface area contributed by atoms with Crippen molar-refractivity contribution in [1.29, 1.82) is 5.26 Å². The number of nitrogens with one attached hydrogen (secondary N) is 1. The Hall–Kier alpha value is -5.62. The Bertz CT molecular complexity index is 2670. The summed E-state index contributed by atoms with van der Waals surface area (Å²) < 4.78 is 25.7. The Labute approximate surface area is 384 Å². The number of aryl methyl sites for hydroxylation is 1. The van der Waals surface area contributed by atoms with Gasteiger partial charge in [0, 0.05) is 68.6 Å². The molecule has 65 heavy (non-hydrogen) atoms. The van der Waals surface area contributed by atoms with E-state index in [2.05, 4.69) is 57.0 Å². The van der Waals surface area contributed by atoms with Gasteiger partial charge in [-0.2, -0.15) is 5.26 Å². The summed E-state index contributed by atoms with van der Waals surface area (Å²) in [5, 5.41) is 12.3. The van der Waals surface area contributed by atoms with Crippen LogP contribution in [-0.2, 0) is 28.7 Å². The number of nitriles is 1. The number of hydrogen-bond donors (Lipinski definition) is 1. The smallest absolute Gasteiger partial charge is 0.329 e. The third kappa shape index (κ3) is 9.42. The molecule has 1 atom stereocenters. The van der Waals surface area contributed by atoms with Crippen LogP contribution in [0.15, 0.2) is 77.7 Å². The molecular formula is C50H57ClFN9O4. The lowest BCUT2D eigenvalue weighted by atomic mass is 9.78. The van der Waals surface area contributed by atoms with Gasteiger partial charge >= 0.3 is 5.69 Å². The van der Waals surface area contributed by atoms with Gasteiger partial charge in [-0.25, -0.2) is 19.2 Å². The predicted molar refractivity (Wildman–Crippen MR) is 248 cm³/mol. The van der Waals surface area contributed by atoms with Crippen LogP contribution in [-0.4, -0.2) is 98.2 Å². The quantitative estimate of drug-likeness (QED) is 0.136. The molecule has 0 spiro atoms. The number of carbonyl (C=O) groups is 2. The minimum absolute atomic E-state index is 0.218. The van der Waals surface area contributed by atoms with Crippen LogP contribution in [0.4, 0.5) is 10.3 Å². The molecule has 0 bridgehead atoms. The Morgan fingerprint density at radius 2 is 1.63 bits per heavy atom. The van der Waals surface area contributed by atoms with Gasteiger partial charge in [-0.3, -0.25) is 24.0 Å². The van der Waals surface area contributed by atoms with Gasteiger partial charge in [0.15, 0.2) is 0 Å². The van der Waals surface area contributed by atoms with Crippen LogP contribution < -0.4 is 20.6 Å². The summed E-state index contributed by atoms with van der Waals surface area (Å²) in [6.07, 6.45) is 7.27. The van der Waals surface area contributed by atoms with Crippen LogP contribution in [0, 0.1) is 11.3 Å². The molecule has 2 amide bonds. The summed E-state index contributed by atoms with van der Waals surface area (Å²) in [4.78, 5) is 54.0. The lowest BCUT2D eigenvalue weighted by Gasteiger charge is -2.44. The van der Waals surface area contributed by atoms with E-state index in [9.17, 15) is 19.6 Å². The third-order valence-electron chi connectivity index (χ3n) is 14.6. The number of carbonyl (C=O) groups excluding carboxylic acids is 2. The number of imidazole rings is 1. The number of alkyl halides is 1. The van der Waals surface area contributed by atoms with Gasteiger partial charge in [0.25, 0.3) is 0 Å². The van der Waals surface area contributed by atoms with E-state index in [1.54, 1.807) is 28.4 Å². The number of hydrogen-bond acceptors (Lipinski definition) is 10. The molecule has 4 aliphatic heterocycles. The first-order valence-electron chi connectivity index (χ1n) is 23.0. The van der Waals surface area contributed by atoms with E-state index in [-0.39, 0.29) is 30.0 Å². The Balaban J connectivity index is 0.720. The average Bonchev–Trinajstić information content (AvgIpc) is 3.56. The number of anilines is 1. The average molecular weight is 903 g/mol. The summed E-state index contributed by atoms with van der Waals surface area (Å²) in [7, 11) is 1.74. The zero-order valence-corrected chi connectivity index (χ0v) is 38.2. The maximum Gasteiger partial charge on any atom is 0.329 e. The van der Waals surface area contributed by atoms with Crippen LogP contribution in [0.5, 0.6) is 5.75 Å². The van der Waals surface area contributed by atoms with Crippen LogP contribution >= 0.6 is 11.6 Å². The van der Waals surface area contributed by atoms with Gasteiger partial charge < -0.3 is 19.4 Å². The molecule has 0 radical (unpaired) electrons. The highest BCUT2D eigenvalue weighted by atomic mass is 35.5. The van der Waals surface area contributed by atoms with Crippen molar-refractivity contribution in [3.8, 4) is 11.8 Å². The van der Waals surface area contributed by atoms with E-state index in [0.717, 1.165) is 79.7 Å². The molecule has 0 saturated carbocycles. The molecule has 4 saturated heterocycles. The summed E-state index contributed by atoms with van der Waals surface area (Å²) >= 11 is 6.31. The predicted octanol–water partition coefficient (Wildman–Crippen LogP) is 7.19.